The van der Waals surface area contributed by atoms with Gasteiger partial charge in [0, 0.05) is 43.7 Å². The molecule has 3 N–H and O–H groups in total. The molecule has 7 heteroatoms. The summed E-state index contributed by atoms with van der Waals surface area (Å²) in [4.78, 5) is 40.1. The first-order valence-electron chi connectivity index (χ1n) is 9.20. The molecule has 3 heterocycles. The van der Waals surface area contributed by atoms with Gasteiger partial charge in [0.2, 0.25) is 11.8 Å². The van der Waals surface area contributed by atoms with Crippen LogP contribution >= 0.6 is 0 Å². The number of benzene rings is 1. The van der Waals surface area contributed by atoms with Crippen molar-refractivity contribution in [3.05, 3.63) is 34.9 Å². The topological polar surface area (TPSA) is 95.7 Å². The molecule has 7 nitrogen and oxygen atoms in total. The van der Waals surface area contributed by atoms with Crippen LogP contribution in [0.5, 0.6) is 0 Å². The van der Waals surface area contributed by atoms with Crippen molar-refractivity contribution in [2.75, 3.05) is 6.54 Å². The maximum atomic E-state index is 12.7. The minimum atomic E-state index is -0.562. The van der Waals surface area contributed by atoms with Crippen LogP contribution in [0.15, 0.2) is 18.2 Å². The van der Waals surface area contributed by atoms with Gasteiger partial charge < -0.3 is 10.6 Å². The summed E-state index contributed by atoms with van der Waals surface area (Å²) >= 11 is 0. The van der Waals surface area contributed by atoms with Crippen molar-refractivity contribution in [2.45, 2.75) is 57.4 Å². The van der Waals surface area contributed by atoms with E-state index in [1.807, 2.05) is 12.1 Å². The second-order valence-corrected chi connectivity index (χ2v) is 7.56. The van der Waals surface area contributed by atoms with E-state index in [0.717, 1.165) is 30.6 Å². The Morgan fingerprint density at radius 3 is 2.73 bits per heavy atom. The van der Waals surface area contributed by atoms with E-state index in [1.165, 1.54) is 0 Å². The van der Waals surface area contributed by atoms with Crippen LogP contribution in [0.3, 0.4) is 0 Å². The van der Waals surface area contributed by atoms with Gasteiger partial charge in [0.1, 0.15) is 6.04 Å². The van der Waals surface area contributed by atoms with E-state index in [-0.39, 0.29) is 30.2 Å². The number of rotatable bonds is 3. The first-order chi connectivity index (χ1) is 12.4. The molecule has 0 spiro atoms. The second-order valence-electron chi connectivity index (χ2n) is 7.56. The number of amides is 3. The van der Waals surface area contributed by atoms with Crippen LogP contribution < -0.4 is 11.1 Å². The zero-order valence-corrected chi connectivity index (χ0v) is 14.9. The van der Waals surface area contributed by atoms with Gasteiger partial charge in [0.25, 0.3) is 5.91 Å². The van der Waals surface area contributed by atoms with E-state index in [9.17, 15) is 14.4 Å². The number of fused-ring (bicyclic) bond motifs is 1. The van der Waals surface area contributed by atoms with E-state index in [1.54, 1.807) is 4.90 Å². The van der Waals surface area contributed by atoms with E-state index < -0.39 is 6.04 Å². The third-order valence-electron chi connectivity index (χ3n) is 5.92. The van der Waals surface area contributed by atoms with Crippen LogP contribution in [0, 0.1) is 0 Å². The fourth-order valence-corrected chi connectivity index (χ4v) is 4.21. The Morgan fingerprint density at radius 2 is 2.04 bits per heavy atom. The molecule has 0 radical (unpaired) electrons. The van der Waals surface area contributed by atoms with Gasteiger partial charge in [-0.1, -0.05) is 12.1 Å². The zero-order chi connectivity index (χ0) is 18.4. The molecule has 4 rings (SSSR count). The molecule has 0 aliphatic carbocycles. The third-order valence-corrected chi connectivity index (χ3v) is 5.92. The van der Waals surface area contributed by atoms with Crippen LogP contribution in [-0.2, 0) is 22.7 Å². The zero-order valence-electron chi connectivity index (χ0n) is 14.9. The Labute approximate surface area is 152 Å². The van der Waals surface area contributed by atoms with Gasteiger partial charge in [0.05, 0.1) is 0 Å². The SMILES string of the molecule is C[C@H]1[C@@H](N)CCN1Cc1ccc2c(c1)CN(C1CCC(=O)NC1=O)C2=O. The molecule has 2 saturated heterocycles. The molecular formula is C19H24N4O3. The lowest BCUT2D eigenvalue weighted by Gasteiger charge is -2.29. The Bertz CT molecular complexity index is 778. The van der Waals surface area contributed by atoms with Gasteiger partial charge in [-0.05, 0) is 37.0 Å². The first-order valence-corrected chi connectivity index (χ1v) is 9.20. The number of likely N-dealkylation sites (tertiary alicyclic amines) is 1. The molecular weight excluding hydrogens is 332 g/mol. The second kappa shape index (κ2) is 6.48. The van der Waals surface area contributed by atoms with Crippen LogP contribution in [-0.4, -0.2) is 52.2 Å². The molecule has 0 bridgehead atoms. The van der Waals surface area contributed by atoms with E-state index in [2.05, 4.69) is 23.2 Å². The number of nitrogens with zero attached hydrogens (tertiary/aromatic N) is 2. The van der Waals surface area contributed by atoms with Crippen molar-refractivity contribution < 1.29 is 14.4 Å². The molecule has 1 unspecified atom stereocenters. The summed E-state index contributed by atoms with van der Waals surface area (Å²) in [7, 11) is 0. The van der Waals surface area contributed by atoms with E-state index in [4.69, 9.17) is 5.73 Å². The monoisotopic (exact) mass is 356 g/mol. The van der Waals surface area contributed by atoms with Crippen LogP contribution in [0.1, 0.15) is 47.7 Å². The highest BCUT2D eigenvalue weighted by molar-refractivity contribution is 6.05. The molecule has 2 fully saturated rings. The minimum absolute atomic E-state index is 0.127. The number of nitrogens with one attached hydrogen (secondary N) is 1. The lowest BCUT2D eigenvalue weighted by molar-refractivity contribution is -0.136. The van der Waals surface area contributed by atoms with Gasteiger partial charge in [-0.15, -0.1) is 0 Å². The summed E-state index contributed by atoms with van der Waals surface area (Å²) in [5.41, 5.74) is 8.86. The Morgan fingerprint density at radius 1 is 1.23 bits per heavy atom. The number of hydrogen-bond donors (Lipinski definition) is 2. The Hall–Kier alpha value is -2.25. The predicted octanol–water partition coefficient (Wildman–Crippen LogP) is 0.369. The summed E-state index contributed by atoms with van der Waals surface area (Å²) < 4.78 is 0. The maximum Gasteiger partial charge on any atom is 0.255 e. The van der Waals surface area contributed by atoms with Gasteiger partial charge in [-0.2, -0.15) is 0 Å². The number of imide groups is 1. The average Bonchev–Trinajstić information content (AvgIpc) is 3.09. The van der Waals surface area contributed by atoms with E-state index >= 15 is 0 Å². The van der Waals surface area contributed by atoms with Gasteiger partial charge >= 0.3 is 0 Å². The molecule has 0 aromatic heterocycles. The molecule has 3 amide bonds. The highest BCUT2D eigenvalue weighted by Gasteiger charge is 2.39. The Kier molecular flexibility index (Phi) is 4.28. The number of carbonyl (C=O) groups is 3. The molecule has 3 aliphatic heterocycles. The van der Waals surface area contributed by atoms with Crippen LogP contribution in [0.2, 0.25) is 0 Å². The fraction of sp³-hybridized carbons (Fsp3) is 0.526. The number of piperidine rings is 1. The van der Waals surface area contributed by atoms with Crippen molar-refractivity contribution >= 4 is 17.7 Å². The highest BCUT2D eigenvalue weighted by Crippen LogP contribution is 2.29. The summed E-state index contributed by atoms with van der Waals surface area (Å²) in [6.07, 6.45) is 1.67. The molecule has 3 aliphatic rings. The van der Waals surface area contributed by atoms with Crippen LogP contribution in [0.25, 0.3) is 0 Å². The van der Waals surface area contributed by atoms with Crippen molar-refractivity contribution in [3.8, 4) is 0 Å². The van der Waals surface area contributed by atoms with Crippen molar-refractivity contribution in [2.24, 2.45) is 5.73 Å². The molecule has 1 aromatic carbocycles. The van der Waals surface area contributed by atoms with Crippen LogP contribution in [0.4, 0.5) is 0 Å². The number of hydrogen-bond acceptors (Lipinski definition) is 5. The normalized spacial score (nSPS) is 29.2. The molecule has 1 aromatic rings. The predicted molar refractivity (Wildman–Crippen MR) is 95.0 cm³/mol. The van der Waals surface area contributed by atoms with Crippen molar-refractivity contribution in [3.63, 3.8) is 0 Å². The van der Waals surface area contributed by atoms with Gasteiger partial charge in [-0.3, -0.25) is 24.6 Å². The summed E-state index contributed by atoms with van der Waals surface area (Å²) in [6.45, 7) is 4.37. The maximum absolute atomic E-state index is 12.7. The quantitative estimate of drug-likeness (QED) is 0.763. The lowest BCUT2D eigenvalue weighted by Crippen LogP contribution is -2.52. The summed E-state index contributed by atoms with van der Waals surface area (Å²) in [5.74, 6) is -0.768. The summed E-state index contributed by atoms with van der Waals surface area (Å²) in [6, 6.07) is 5.92. The summed E-state index contributed by atoms with van der Waals surface area (Å²) in [5, 5.41) is 2.33. The molecule has 3 atom stereocenters. The smallest absolute Gasteiger partial charge is 0.255 e. The molecule has 0 saturated carbocycles. The van der Waals surface area contributed by atoms with Crippen molar-refractivity contribution in [1.82, 2.24) is 15.1 Å². The van der Waals surface area contributed by atoms with Gasteiger partial charge in [0.15, 0.2) is 0 Å². The van der Waals surface area contributed by atoms with Gasteiger partial charge in [-0.25, -0.2) is 0 Å². The fourth-order valence-electron chi connectivity index (χ4n) is 4.21. The Balaban J connectivity index is 1.50. The van der Waals surface area contributed by atoms with E-state index in [0.29, 0.717) is 24.6 Å². The number of carbonyl (C=O) groups excluding carboxylic acids is 3. The van der Waals surface area contributed by atoms with Crippen molar-refractivity contribution in [1.29, 1.82) is 0 Å². The highest BCUT2D eigenvalue weighted by atomic mass is 16.2. The molecule has 138 valence electrons. The third kappa shape index (κ3) is 2.91. The average molecular weight is 356 g/mol. The number of nitrogens with two attached hydrogens (primary N) is 1. The molecule has 26 heavy (non-hydrogen) atoms. The largest absolute Gasteiger partial charge is 0.326 e. The minimum Gasteiger partial charge on any atom is -0.326 e. The lowest BCUT2D eigenvalue weighted by atomic mass is 10.0. The standard InChI is InChI=1S/C19H24N4O3/c1-11-15(20)6-7-22(11)9-12-2-3-14-13(8-12)10-23(19(14)26)16-4-5-17(24)21-18(16)25/h2-3,8,11,15-16H,4-7,9-10,20H2,1H3,(H,21,24,25)/t11-,15-,16?/m0/s1. The first kappa shape index (κ1) is 17.2.